The molecule has 2 aromatic carbocycles. The Bertz CT molecular complexity index is 1130. The summed E-state index contributed by atoms with van der Waals surface area (Å²) in [5.74, 6) is -0.522. The largest absolute Gasteiger partial charge is 0.508 e. The predicted molar refractivity (Wildman–Crippen MR) is 121 cm³/mol. The number of phenolic OH excluding ortho intramolecular Hbond substituents is 1. The molecule has 9 nitrogen and oxygen atoms in total. The highest BCUT2D eigenvalue weighted by molar-refractivity contribution is 5.88. The zero-order valence-electron chi connectivity index (χ0n) is 18.4. The molecule has 1 aromatic heterocycles. The number of benzene rings is 2. The van der Waals surface area contributed by atoms with E-state index >= 15 is 0 Å². The Labute approximate surface area is 196 Å². The Morgan fingerprint density at radius 2 is 1.94 bits per heavy atom. The molecule has 5 N–H and O–H groups in total. The number of phenols is 1. The van der Waals surface area contributed by atoms with Gasteiger partial charge in [0.15, 0.2) is 0 Å². The second-order valence-electron chi connectivity index (χ2n) is 8.30. The summed E-state index contributed by atoms with van der Waals surface area (Å²) in [5.41, 5.74) is 4.03. The third-order valence-corrected chi connectivity index (χ3v) is 5.96. The molecule has 2 amide bonds. The van der Waals surface area contributed by atoms with Crippen LogP contribution in [0.5, 0.6) is 5.75 Å². The van der Waals surface area contributed by atoms with Crippen molar-refractivity contribution in [1.29, 1.82) is 0 Å². The Hall–Kier alpha value is -3.66. The molecule has 1 aliphatic carbocycles. The van der Waals surface area contributed by atoms with E-state index in [1.54, 1.807) is 35.8 Å². The normalized spacial score (nSPS) is 17.7. The van der Waals surface area contributed by atoms with Crippen molar-refractivity contribution in [3.63, 3.8) is 0 Å². The van der Waals surface area contributed by atoms with Crippen LogP contribution in [0.1, 0.15) is 34.9 Å². The van der Waals surface area contributed by atoms with Crippen LogP contribution in [-0.2, 0) is 29.1 Å². The van der Waals surface area contributed by atoms with Crippen molar-refractivity contribution in [2.45, 2.75) is 44.1 Å². The Balaban J connectivity index is 1.67. The molecule has 34 heavy (non-hydrogen) atoms. The molecule has 3 aromatic rings. The fourth-order valence-electron chi connectivity index (χ4n) is 4.41. The Kier molecular flexibility index (Phi) is 7.27. The van der Waals surface area contributed by atoms with E-state index in [4.69, 9.17) is 9.62 Å². The highest BCUT2D eigenvalue weighted by Gasteiger charge is 2.40. The lowest BCUT2D eigenvalue weighted by Crippen LogP contribution is -2.50. The molecule has 0 saturated carbocycles. The first-order chi connectivity index (χ1) is 16.5. The quantitative estimate of drug-likeness (QED) is 0.241. The summed E-state index contributed by atoms with van der Waals surface area (Å²) in [6, 6.07) is 15.9. The SMILES string of the molecule is O=C(C[C@@H](NCc1ccco1)C(=O)N(Cc1cccc(O)c1)[C@H]1c2ccccc2C[C@H]1O)NO. The maximum Gasteiger partial charge on any atom is 0.245 e. The van der Waals surface area contributed by atoms with Gasteiger partial charge in [-0.25, -0.2) is 5.48 Å². The minimum absolute atomic E-state index is 0.0597. The van der Waals surface area contributed by atoms with Crippen LogP contribution in [0, 0.1) is 0 Å². The monoisotopic (exact) mass is 465 g/mol. The van der Waals surface area contributed by atoms with E-state index in [-0.39, 0.29) is 25.3 Å². The van der Waals surface area contributed by atoms with E-state index in [0.717, 1.165) is 11.1 Å². The number of aliphatic hydroxyl groups excluding tert-OH is 1. The average molecular weight is 466 g/mol. The van der Waals surface area contributed by atoms with E-state index < -0.39 is 30.0 Å². The highest BCUT2D eigenvalue weighted by Crippen LogP contribution is 2.37. The summed E-state index contributed by atoms with van der Waals surface area (Å²) < 4.78 is 5.32. The summed E-state index contributed by atoms with van der Waals surface area (Å²) in [4.78, 5) is 27.4. The standard InChI is InChI=1S/C25H27N3O6/c29-18-7-3-5-16(11-18)15-28(24-20-9-2-1-6-17(20)12-22(24)30)25(32)21(13-23(31)27-33)26-14-19-8-4-10-34-19/h1-11,21-22,24,26,29-30,33H,12-15H2,(H,27,31)/t21-,22-,24+/m1/s1. The van der Waals surface area contributed by atoms with Gasteiger partial charge in [0.25, 0.3) is 0 Å². The van der Waals surface area contributed by atoms with Crippen LogP contribution in [0.15, 0.2) is 71.3 Å². The second kappa shape index (κ2) is 10.5. The summed E-state index contributed by atoms with van der Waals surface area (Å²) >= 11 is 0. The lowest BCUT2D eigenvalue weighted by molar-refractivity contribution is -0.142. The van der Waals surface area contributed by atoms with Crippen molar-refractivity contribution in [3.8, 4) is 5.75 Å². The zero-order chi connectivity index (χ0) is 24.1. The Morgan fingerprint density at radius 3 is 2.68 bits per heavy atom. The van der Waals surface area contributed by atoms with Gasteiger partial charge in [0.05, 0.1) is 37.4 Å². The molecule has 3 atom stereocenters. The predicted octanol–water partition coefficient (Wildman–Crippen LogP) is 2.03. The number of nitrogens with one attached hydrogen (secondary N) is 2. The van der Waals surface area contributed by atoms with Gasteiger partial charge in [-0.1, -0.05) is 36.4 Å². The van der Waals surface area contributed by atoms with Crippen LogP contribution < -0.4 is 10.8 Å². The van der Waals surface area contributed by atoms with Crippen LogP contribution in [0.4, 0.5) is 0 Å². The molecule has 178 valence electrons. The summed E-state index contributed by atoms with van der Waals surface area (Å²) in [7, 11) is 0. The van der Waals surface area contributed by atoms with E-state index in [9.17, 15) is 19.8 Å². The molecule has 9 heteroatoms. The number of aromatic hydroxyl groups is 1. The molecule has 0 aliphatic heterocycles. The number of carbonyl (C=O) groups is 2. The van der Waals surface area contributed by atoms with Gasteiger partial charge in [-0.05, 0) is 41.0 Å². The first-order valence-electron chi connectivity index (χ1n) is 11.0. The van der Waals surface area contributed by atoms with Gasteiger partial charge >= 0.3 is 0 Å². The van der Waals surface area contributed by atoms with Crippen LogP contribution in [0.25, 0.3) is 0 Å². The molecule has 0 fully saturated rings. The first kappa shape index (κ1) is 23.5. The number of nitrogens with zero attached hydrogens (tertiary/aromatic N) is 1. The van der Waals surface area contributed by atoms with E-state index in [1.807, 2.05) is 24.3 Å². The summed E-state index contributed by atoms with van der Waals surface area (Å²) in [6.45, 7) is 0.287. The third-order valence-electron chi connectivity index (χ3n) is 5.96. The lowest BCUT2D eigenvalue weighted by atomic mass is 10.0. The number of amides is 2. The van der Waals surface area contributed by atoms with Crippen molar-refractivity contribution in [2.75, 3.05) is 0 Å². The van der Waals surface area contributed by atoms with Gasteiger partial charge in [-0.3, -0.25) is 20.1 Å². The van der Waals surface area contributed by atoms with E-state index in [1.165, 1.54) is 17.2 Å². The third kappa shape index (κ3) is 5.28. The van der Waals surface area contributed by atoms with Gasteiger partial charge < -0.3 is 19.5 Å². The number of fused-ring (bicyclic) bond motifs is 1. The summed E-state index contributed by atoms with van der Waals surface area (Å²) in [6.07, 6.45) is 0.744. The van der Waals surface area contributed by atoms with Crippen molar-refractivity contribution < 1.29 is 29.4 Å². The molecule has 0 saturated heterocycles. The van der Waals surface area contributed by atoms with Gasteiger partial charge in [-0.2, -0.15) is 0 Å². The molecule has 0 bridgehead atoms. The smallest absolute Gasteiger partial charge is 0.245 e. The van der Waals surface area contributed by atoms with Crippen molar-refractivity contribution in [2.24, 2.45) is 0 Å². The van der Waals surface area contributed by atoms with Crippen molar-refractivity contribution in [3.05, 3.63) is 89.4 Å². The maximum atomic E-state index is 13.9. The minimum atomic E-state index is -1.01. The number of aliphatic hydroxyl groups is 1. The first-order valence-corrected chi connectivity index (χ1v) is 11.0. The van der Waals surface area contributed by atoms with Crippen LogP contribution in [0.3, 0.4) is 0 Å². The number of carbonyl (C=O) groups excluding carboxylic acids is 2. The molecule has 4 rings (SSSR count). The lowest BCUT2D eigenvalue weighted by Gasteiger charge is -2.35. The second-order valence-corrected chi connectivity index (χ2v) is 8.30. The average Bonchev–Trinajstić information content (AvgIpc) is 3.46. The fourth-order valence-corrected chi connectivity index (χ4v) is 4.41. The number of furan rings is 1. The molecular weight excluding hydrogens is 438 g/mol. The van der Waals surface area contributed by atoms with Crippen LogP contribution in [0.2, 0.25) is 0 Å². The number of hydrogen-bond donors (Lipinski definition) is 5. The maximum absolute atomic E-state index is 13.9. The van der Waals surface area contributed by atoms with Crippen molar-refractivity contribution in [1.82, 2.24) is 15.7 Å². The number of hydrogen-bond acceptors (Lipinski definition) is 7. The van der Waals surface area contributed by atoms with Crippen molar-refractivity contribution >= 4 is 11.8 Å². The van der Waals surface area contributed by atoms with Crippen LogP contribution in [-0.4, -0.2) is 44.3 Å². The van der Waals surface area contributed by atoms with Gasteiger partial charge in [0, 0.05) is 13.0 Å². The van der Waals surface area contributed by atoms with Gasteiger partial charge in [0.2, 0.25) is 11.8 Å². The summed E-state index contributed by atoms with van der Waals surface area (Å²) in [5, 5.41) is 33.0. The van der Waals surface area contributed by atoms with Gasteiger partial charge in [-0.15, -0.1) is 0 Å². The number of hydroxylamine groups is 1. The number of rotatable bonds is 9. The van der Waals surface area contributed by atoms with E-state index in [0.29, 0.717) is 17.7 Å². The molecule has 1 aliphatic rings. The topological polar surface area (TPSA) is 135 Å². The molecule has 0 unspecified atom stereocenters. The Morgan fingerprint density at radius 1 is 1.12 bits per heavy atom. The molecule has 1 heterocycles. The van der Waals surface area contributed by atoms with E-state index in [2.05, 4.69) is 5.32 Å². The molecular formula is C25H27N3O6. The fraction of sp³-hybridized carbons (Fsp3) is 0.280. The van der Waals surface area contributed by atoms with Crippen LogP contribution >= 0.6 is 0 Å². The van der Waals surface area contributed by atoms with Gasteiger partial charge in [0.1, 0.15) is 11.5 Å². The molecule has 0 spiro atoms. The molecule has 0 radical (unpaired) electrons. The minimum Gasteiger partial charge on any atom is -0.508 e. The highest BCUT2D eigenvalue weighted by atomic mass is 16.5. The zero-order valence-corrected chi connectivity index (χ0v) is 18.4.